The van der Waals surface area contributed by atoms with E-state index in [4.69, 9.17) is 22.9 Å². The van der Waals surface area contributed by atoms with Crippen LogP contribution in [0.1, 0.15) is 43.4 Å². The summed E-state index contributed by atoms with van der Waals surface area (Å²) in [5, 5.41) is 18.5. The van der Waals surface area contributed by atoms with Gasteiger partial charge in [0.05, 0.1) is 12.4 Å². The van der Waals surface area contributed by atoms with Crippen molar-refractivity contribution in [3.8, 4) is 0 Å². The number of H-pyrrole nitrogens is 2. The number of nitrogens with two attached hydrogens (primary N) is 4. The van der Waals surface area contributed by atoms with Crippen molar-refractivity contribution in [3.05, 3.63) is 54.2 Å². The first-order valence-corrected chi connectivity index (χ1v) is 14.8. The van der Waals surface area contributed by atoms with Gasteiger partial charge in [0.15, 0.2) is 5.96 Å². The summed E-state index contributed by atoms with van der Waals surface area (Å²) in [6, 6.07) is 3.17. The molecule has 4 unspecified atom stereocenters. The number of benzene rings is 1. The van der Waals surface area contributed by atoms with Crippen LogP contribution in [0.15, 0.2) is 48.0 Å². The van der Waals surface area contributed by atoms with E-state index in [1.807, 2.05) is 24.3 Å². The van der Waals surface area contributed by atoms with Gasteiger partial charge in [0.1, 0.15) is 18.1 Å². The number of carboxylic acid groups (broad SMARTS) is 1. The average molecular weight is 626 g/mol. The molecule has 0 spiro atoms. The van der Waals surface area contributed by atoms with E-state index in [0.717, 1.165) is 16.5 Å². The minimum atomic E-state index is -1.21. The standard InChI is InChI=1S/C29H43N11O5/c30-10-4-3-8-23(28(44)45)39-26(42)22(9-5-11-35-29(32)33)38-27(43)24(13-18-15-34-16-37-18)40-25(41)20(31)12-17-14-36-21-7-2-1-6-19(17)21/h1-2,6-7,14-16,20,22-24,36H,3-5,8-13,30-31H2,(H,34,37)(H,38,43)(H,39,42)(H,40,41)(H,44,45)(H4,32,33,35). The molecule has 0 saturated heterocycles. The van der Waals surface area contributed by atoms with Crippen LogP contribution in [0.25, 0.3) is 10.9 Å². The lowest BCUT2D eigenvalue weighted by atomic mass is 10.0. The number of amides is 3. The maximum Gasteiger partial charge on any atom is 0.326 e. The SMILES string of the molecule is NCCCCC(NC(=O)C(CCCN=C(N)N)NC(=O)C(Cc1cnc[nH]1)NC(=O)C(N)Cc1c[nH]c2ccccc12)C(=O)O. The van der Waals surface area contributed by atoms with Crippen LogP contribution in [0.5, 0.6) is 0 Å². The van der Waals surface area contributed by atoms with Gasteiger partial charge in [-0.25, -0.2) is 9.78 Å². The maximum absolute atomic E-state index is 13.6. The third-order valence-corrected chi connectivity index (χ3v) is 7.20. The molecule has 3 amide bonds. The van der Waals surface area contributed by atoms with Gasteiger partial charge in [-0.3, -0.25) is 19.4 Å². The fourth-order valence-electron chi connectivity index (χ4n) is 4.80. The van der Waals surface area contributed by atoms with Crippen LogP contribution in [0.4, 0.5) is 0 Å². The lowest BCUT2D eigenvalue weighted by Crippen LogP contribution is -2.57. The minimum absolute atomic E-state index is 0.0244. The van der Waals surface area contributed by atoms with Crippen molar-refractivity contribution in [2.24, 2.45) is 27.9 Å². The summed E-state index contributed by atoms with van der Waals surface area (Å²) in [6.07, 6.45) is 6.62. The highest BCUT2D eigenvalue weighted by atomic mass is 16.4. The molecule has 244 valence electrons. The van der Waals surface area contributed by atoms with Crippen molar-refractivity contribution in [2.45, 2.75) is 69.1 Å². The topological polar surface area (TPSA) is 286 Å². The quantitative estimate of drug-likeness (QED) is 0.0428. The molecule has 16 nitrogen and oxygen atoms in total. The van der Waals surface area contributed by atoms with Gasteiger partial charge in [0.2, 0.25) is 17.7 Å². The summed E-state index contributed by atoms with van der Waals surface area (Å²) >= 11 is 0. The number of para-hydroxylation sites is 1. The Labute approximate surface area is 260 Å². The van der Waals surface area contributed by atoms with Crippen LogP contribution in [0, 0.1) is 0 Å². The Kier molecular flexibility index (Phi) is 13.3. The highest BCUT2D eigenvalue weighted by Crippen LogP contribution is 2.19. The van der Waals surface area contributed by atoms with Crippen LogP contribution >= 0.6 is 0 Å². The minimum Gasteiger partial charge on any atom is -0.480 e. The number of hydrogen-bond acceptors (Lipinski definition) is 8. The smallest absolute Gasteiger partial charge is 0.326 e. The van der Waals surface area contributed by atoms with Crippen molar-refractivity contribution >= 4 is 40.6 Å². The number of hydrogen-bond donors (Lipinski definition) is 10. The number of carbonyl (C=O) groups is 4. The van der Waals surface area contributed by atoms with Gasteiger partial charge in [-0.05, 0) is 56.7 Å². The number of imidazole rings is 1. The number of carbonyl (C=O) groups excluding carboxylic acids is 3. The third kappa shape index (κ3) is 10.9. The van der Waals surface area contributed by atoms with E-state index in [2.05, 4.69) is 35.9 Å². The van der Waals surface area contributed by atoms with E-state index < -0.39 is 47.9 Å². The maximum atomic E-state index is 13.6. The number of nitrogens with one attached hydrogen (secondary N) is 5. The second-order valence-corrected chi connectivity index (χ2v) is 10.7. The molecule has 0 saturated carbocycles. The first-order chi connectivity index (χ1) is 21.6. The largest absolute Gasteiger partial charge is 0.480 e. The number of aliphatic carboxylic acids is 1. The van der Waals surface area contributed by atoms with Crippen molar-refractivity contribution in [2.75, 3.05) is 13.1 Å². The van der Waals surface area contributed by atoms with Crippen LogP contribution in [-0.4, -0.2) is 87.0 Å². The molecule has 4 atom stereocenters. The normalized spacial score (nSPS) is 13.7. The Balaban J connectivity index is 1.75. The molecule has 2 heterocycles. The van der Waals surface area contributed by atoms with E-state index in [9.17, 15) is 24.3 Å². The van der Waals surface area contributed by atoms with E-state index in [1.165, 1.54) is 12.5 Å². The molecule has 3 aromatic rings. The van der Waals surface area contributed by atoms with Gasteiger partial charge >= 0.3 is 5.97 Å². The van der Waals surface area contributed by atoms with Gasteiger partial charge in [-0.1, -0.05) is 18.2 Å². The lowest BCUT2D eigenvalue weighted by Gasteiger charge is -2.25. The molecule has 45 heavy (non-hydrogen) atoms. The number of nitrogens with zero attached hydrogens (tertiary/aromatic N) is 2. The second kappa shape index (κ2) is 17.4. The zero-order valence-corrected chi connectivity index (χ0v) is 25.0. The van der Waals surface area contributed by atoms with Crippen molar-refractivity contribution < 1.29 is 24.3 Å². The first-order valence-electron chi connectivity index (χ1n) is 14.8. The zero-order chi connectivity index (χ0) is 32.8. The number of unbranched alkanes of at least 4 members (excludes halogenated alkanes) is 1. The molecule has 0 fully saturated rings. The monoisotopic (exact) mass is 625 g/mol. The number of aromatic amines is 2. The van der Waals surface area contributed by atoms with Gasteiger partial charge in [-0.2, -0.15) is 0 Å². The number of aliphatic imine (C=N–C) groups is 1. The van der Waals surface area contributed by atoms with Crippen LogP contribution in [0.2, 0.25) is 0 Å². The van der Waals surface area contributed by atoms with Gasteiger partial charge in [-0.15, -0.1) is 0 Å². The van der Waals surface area contributed by atoms with Gasteiger partial charge in [0, 0.05) is 42.0 Å². The lowest BCUT2D eigenvalue weighted by molar-refractivity contribution is -0.142. The van der Waals surface area contributed by atoms with E-state index >= 15 is 0 Å². The fraction of sp³-hybridized carbons (Fsp3) is 0.448. The van der Waals surface area contributed by atoms with Crippen LogP contribution in [-0.2, 0) is 32.0 Å². The molecule has 0 radical (unpaired) electrons. The van der Waals surface area contributed by atoms with E-state index in [1.54, 1.807) is 6.20 Å². The summed E-state index contributed by atoms with van der Waals surface area (Å²) in [7, 11) is 0. The summed E-state index contributed by atoms with van der Waals surface area (Å²) in [5.74, 6) is -3.28. The zero-order valence-electron chi connectivity index (χ0n) is 25.0. The molecule has 0 aliphatic rings. The van der Waals surface area contributed by atoms with Gasteiger partial charge in [0.25, 0.3) is 0 Å². The Bertz CT molecular complexity index is 1440. The molecule has 16 heteroatoms. The Hall–Kier alpha value is -4.96. The number of carboxylic acids is 1. The number of guanidine groups is 1. The number of aromatic nitrogens is 3. The molecule has 0 bridgehead atoms. The molecule has 0 aliphatic heterocycles. The molecule has 1 aromatic carbocycles. The van der Waals surface area contributed by atoms with Crippen molar-refractivity contribution in [3.63, 3.8) is 0 Å². The summed E-state index contributed by atoms with van der Waals surface area (Å²) in [6.45, 7) is 0.566. The second-order valence-electron chi connectivity index (χ2n) is 10.7. The summed E-state index contributed by atoms with van der Waals surface area (Å²) < 4.78 is 0. The molecular weight excluding hydrogens is 582 g/mol. The Morgan fingerprint density at radius 2 is 1.58 bits per heavy atom. The van der Waals surface area contributed by atoms with Gasteiger partial charge < -0.3 is 54.0 Å². The summed E-state index contributed by atoms with van der Waals surface area (Å²) in [5.41, 5.74) is 24.9. The Morgan fingerprint density at radius 3 is 2.27 bits per heavy atom. The molecular formula is C29H43N11O5. The summed E-state index contributed by atoms with van der Waals surface area (Å²) in [4.78, 5) is 65.9. The Morgan fingerprint density at radius 1 is 0.889 bits per heavy atom. The van der Waals surface area contributed by atoms with Crippen molar-refractivity contribution in [1.82, 2.24) is 30.9 Å². The average Bonchev–Trinajstić information content (AvgIpc) is 3.67. The molecule has 0 aliphatic carbocycles. The highest BCUT2D eigenvalue weighted by Gasteiger charge is 2.30. The molecule has 14 N–H and O–H groups in total. The predicted octanol–water partition coefficient (Wildman–Crippen LogP) is -1.27. The third-order valence-electron chi connectivity index (χ3n) is 7.20. The van der Waals surface area contributed by atoms with E-state index in [0.29, 0.717) is 31.5 Å². The predicted molar refractivity (Wildman–Crippen MR) is 169 cm³/mol. The highest BCUT2D eigenvalue weighted by molar-refractivity contribution is 5.94. The van der Waals surface area contributed by atoms with E-state index in [-0.39, 0.29) is 38.2 Å². The van der Waals surface area contributed by atoms with Crippen LogP contribution in [0.3, 0.4) is 0 Å². The fourth-order valence-corrected chi connectivity index (χ4v) is 4.80. The van der Waals surface area contributed by atoms with Crippen molar-refractivity contribution in [1.29, 1.82) is 0 Å². The number of rotatable bonds is 19. The van der Waals surface area contributed by atoms with Crippen LogP contribution < -0.4 is 38.9 Å². The first kappa shape index (κ1) is 34.5. The number of fused-ring (bicyclic) bond motifs is 1. The molecule has 3 rings (SSSR count). The molecule has 2 aromatic heterocycles.